The highest BCUT2D eigenvalue weighted by molar-refractivity contribution is 9.10. The third kappa shape index (κ3) is 5.79. The summed E-state index contributed by atoms with van der Waals surface area (Å²) in [5.74, 6) is 1.77. The molecule has 0 bridgehead atoms. The molecule has 0 unspecified atom stereocenters. The molecule has 6 rings (SSSR count). The minimum absolute atomic E-state index is 0.235. The first kappa shape index (κ1) is 28.0. The lowest BCUT2D eigenvalue weighted by Gasteiger charge is -2.13. The Hall–Kier alpha value is -4.11. The zero-order valence-electron chi connectivity index (χ0n) is 22.2. The number of aromatic nitrogens is 2. The lowest BCUT2D eigenvalue weighted by Crippen LogP contribution is -2.20. The monoisotopic (exact) mass is 661 g/mol. The van der Waals surface area contributed by atoms with E-state index in [1.165, 1.54) is 4.68 Å². The Bertz CT molecular complexity index is 2040. The Balaban J connectivity index is 1.37. The summed E-state index contributed by atoms with van der Waals surface area (Å²) in [7, 11) is 0. The van der Waals surface area contributed by atoms with Crippen molar-refractivity contribution in [3.05, 3.63) is 121 Å². The van der Waals surface area contributed by atoms with Crippen LogP contribution in [0.2, 0.25) is 10.0 Å². The predicted molar refractivity (Wildman–Crippen MR) is 170 cm³/mol. The third-order valence-corrected chi connectivity index (χ3v) is 7.52. The number of rotatable bonds is 8. The van der Waals surface area contributed by atoms with Crippen LogP contribution in [-0.2, 0) is 6.61 Å². The van der Waals surface area contributed by atoms with Gasteiger partial charge in [-0.3, -0.25) is 4.79 Å². The summed E-state index contributed by atoms with van der Waals surface area (Å²) in [5.41, 5.74) is 2.38. The highest BCUT2D eigenvalue weighted by Crippen LogP contribution is 2.31. The van der Waals surface area contributed by atoms with Crippen LogP contribution in [0.4, 0.5) is 0 Å². The molecular weight excluding hydrogens is 641 g/mol. The van der Waals surface area contributed by atoms with Crippen LogP contribution in [0.1, 0.15) is 18.1 Å². The van der Waals surface area contributed by atoms with E-state index in [0.29, 0.717) is 56.0 Å². The highest BCUT2D eigenvalue weighted by Gasteiger charge is 2.17. The quantitative estimate of drug-likeness (QED) is 0.152. The number of benzene rings is 4. The Morgan fingerprint density at radius 2 is 1.83 bits per heavy atom. The Kier molecular flexibility index (Phi) is 8.02. The summed E-state index contributed by atoms with van der Waals surface area (Å²) in [6, 6.07) is 25.3. The van der Waals surface area contributed by atoms with E-state index < -0.39 is 0 Å². The third-order valence-electron chi connectivity index (χ3n) is 6.44. The van der Waals surface area contributed by atoms with Crippen molar-refractivity contribution in [3.8, 4) is 23.1 Å². The smallest absolute Gasteiger partial charge is 0.282 e. The first-order valence-electron chi connectivity index (χ1n) is 13.0. The second-order valence-electron chi connectivity index (χ2n) is 9.27. The summed E-state index contributed by atoms with van der Waals surface area (Å²) < 4.78 is 20.1. The highest BCUT2D eigenvalue weighted by atomic mass is 79.9. The molecule has 0 fully saturated rings. The standard InChI is InChI=1S/C32H22BrCl2N3O4/c1-2-40-29-13-19(7-11-28(29)41-18-20-8-10-23(34)16-25(20)35)17-36-38-31(37-26-6-4-3-5-24(26)32(38)39)30-15-21-14-22(33)9-12-27(21)42-30/h3-17H,2,18H2,1H3. The molecule has 7 nitrogen and oxygen atoms in total. The van der Waals surface area contributed by atoms with Gasteiger partial charge in [0, 0.05) is 25.5 Å². The SMILES string of the molecule is CCOc1cc(C=Nn2c(-c3cc4cc(Br)ccc4o3)nc3ccccc3c2=O)ccc1OCc1ccc(Cl)cc1Cl. The van der Waals surface area contributed by atoms with Gasteiger partial charge in [0.1, 0.15) is 12.2 Å². The van der Waals surface area contributed by atoms with Crippen molar-refractivity contribution in [2.75, 3.05) is 6.61 Å². The number of furan rings is 1. The zero-order valence-corrected chi connectivity index (χ0v) is 25.3. The maximum absolute atomic E-state index is 13.6. The van der Waals surface area contributed by atoms with Gasteiger partial charge in [0.25, 0.3) is 5.56 Å². The summed E-state index contributed by atoms with van der Waals surface area (Å²) >= 11 is 15.8. The number of hydrogen-bond donors (Lipinski definition) is 0. The molecule has 210 valence electrons. The van der Waals surface area contributed by atoms with Crippen molar-refractivity contribution < 1.29 is 13.9 Å². The van der Waals surface area contributed by atoms with Crippen LogP contribution in [0.15, 0.2) is 104 Å². The summed E-state index contributed by atoms with van der Waals surface area (Å²) in [6.07, 6.45) is 1.57. The van der Waals surface area contributed by atoms with E-state index in [1.54, 1.807) is 48.7 Å². The van der Waals surface area contributed by atoms with E-state index in [1.807, 2.05) is 49.4 Å². The fraction of sp³-hybridized carbons (Fsp3) is 0.0938. The Morgan fingerprint density at radius 1 is 0.976 bits per heavy atom. The average Bonchev–Trinajstić information content (AvgIpc) is 3.40. The summed E-state index contributed by atoms with van der Waals surface area (Å²) in [5, 5.41) is 6.94. The second-order valence-corrected chi connectivity index (χ2v) is 11.0. The van der Waals surface area contributed by atoms with Crippen molar-refractivity contribution >= 4 is 67.2 Å². The maximum Gasteiger partial charge on any atom is 0.282 e. The van der Waals surface area contributed by atoms with Crippen LogP contribution in [0.5, 0.6) is 11.5 Å². The van der Waals surface area contributed by atoms with E-state index in [-0.39, 0.29) is 18.0 Å². The number of para-hydroxylation sites is 1. The molecule has 4 aromatic carbocycles. The molecule has 2 heterocycles. The van der Waals surface area contributed by atoms with Crippen molar-refractivity contribution in [1.82, 2.24) is 9.66 Å². The Labute approximate surface area is 259 Å². The molecule has 0 amide bonds. The van der Waals surface area contributed by atoms with E-state index >= 15 is 0 Å². The fourth-order valence-electron chi connectivity index (χ4n) is 4.43. The van der Waals surface area contributed by atoms with Gasteiger partial charge in [0.15, 0.2) is 17.3 Å². The lowest BCUT2D eigenvalue weighted by atomic mass is 10.2. The minimum Gasteiger partial charge on any atom is -0.490 e. The van der Waals surface area contributed by atoms with Gasteiger partial charge in [-0.25, -0.2) is 4.98 Å². The van der Waals surface area contributed by atoms with Gasteiger partial charge in [-0.15, -0.1) is 0 Å². The predicted octanol–water partition coefficient (Wildman–Crippen LogP) is 8.74. The number of fused-ring (bicyclic) bond motifs is 2. The van der Waals surface area contributed by atoms with Gasteiger partial charge in [-0.1, -0.05) is 57.3 Å². The largest absolute Gasteiger partial charge is 0.490 e. The molecule has 2 aromatic heterocycles. The first-order valence-corrected chi connectivity index (χ1v) is 14.5. The molecule has 42 heavy (non-hydrogen) atoms. The molecule has 0 aliphatic heterocycles. The van der Waals surface area contributed by atoms with Gasteiger partial charge < -0.3 is 13.9 Å². The van der Waals surface area contributed by atoms with Crippen molar-refractivity contribution in [2.45, 2.75) is 13.5 Å². The van der Waals surface area contributed by atoms with Gasteiger partial charge in [0.2, 0.25) is 5.82 Å². The number of hydrogen-bond acceptors (Lipinski definition) is 6. The second kappa shape index (κ2) is 12.0. The van der Waals surface area contributed by atoms with Gasteiger partial charge in [-0.2, -0.15) is 9.78 Å². The number of ether oxygens (including phenoxy) is 2. The number of nitrogens with zero attached hydrogens (tertiary/aromatic N) is 3. The van der Waals surface area contributed by atoms with E-state index in [0.717, 1.165) is 15.4 Å². The molecule has 6 aromatic rings. The lowest BCUT2D eigenvalue weighted by molar-refractivity contribution is 0.269. The molecule has 0 radical (unpaired) electrons. The molecule has 0 spiro atoms. The molecule has 0 aliphatic carbocycles. The number of halogens is 3. The molecular formula is C32H22BrCl2N3O4. The maximum atomic E-state index is 13.6. The van der Waals surface area contributed by atoms with E-state index in [4.69, 9.17) is 42.1 Å². The van der Waals surface area contributed by atoms with Gasteiger partial charge in [0.05, 0.1) is 23.7 Å². The molecule has 0 saturated carbocycles. The molecule has 10 heteroatoms. The van der Waals surface area contributed by atoms with Crippen LogP contribution < -0.4 is 15.0 Å². The van der Waals surface area contributed by atoms with E-state index in [2.05, 4.69) is 21.0 Å². The molecule has 0 atom stereocenters. The van der Waals surface area contributed by atoms with Crippen molar-refractivity contribution in [3.63, 3.8) is 0 Å². The molecule has 0 saturated heterocycles. The first-order chi connectivity index (χ1) is 20.4. The van der Waals surface area contributed by atoms with E-state index in [9.17, 15) is 4.79 Å². The van der Waals surface area contributed by atoms with Crippen LogP contribution in [0.3, 0.4) is 0 Å². The van der Waals surface area contributed by atoms with Gasteiger partial charge >= 0.3 is 0 Å². The average molecular weight is 663 g/mol. The molecule has 0 N–H and O–H groups in total. The zero-order chi connectivity index (χ0) is 29.2. The minimum atomic E-state index is -0.321. The van der Waals surface area contributed by atoms with Crippen LogP contribution in [0.25, 0.3) is 33.5 Å². The molecule has 0 aliphatic rings. The van der Waals surface area contributed by atoms with Crippen LogP contribution in [-0.4, -0.2) is 22.5 Å². The summed E-state index contributed by atoms with van der Waals surface area (Å²) in [4.78, 5) is 18.3. The van der Waals surface area contributed by atoms with Crippen molar-refractivity contribution in [1.29, 1.82) is 0 Å². The van der Waals surface area contributed by atoms with Crippen LogP contribution >= 0.6 is 39.1 Å². The summed E-state index contributed by atoms with van der Waals surface area (Å²) in [6.45, 7) is 2.55. The van der Waals surface area contributed by atoms with Crippen molar-refractivity contribution in [2.24, 2.45) is 5.10 Å². The normalized spacial score (nSPS) is 11.5. The van der Waals surface area contributed by atoms with Gasteiger partial charge in [-0.05, 0) is 79.2 Å². The fourth-order valence-corrected chi connectivity index (χ4v) is 5.27. The van der Waals surface area contributed by atoms with Crippen LogP contribution in [0, 0.1) is 0 Å². The topological polar surface area (TPSA) is 78.9 Å². The Morgan fingerprint density at radius 3 is 2.67 bits per heavy atom.